The highest BCUT2D eigenvalue weighted by molar-refractivity contribution is 6.37. The number of aliphatic imine (C=N–C) groups is 1. The molecule has 5 heteroatoms. The minimum absolute atomic E-state index is 0.192. The van der Waals surface area contributed by atoms with Gasteiger partial charge in [-0.2, -0.15) is 0 Å². The maximum absolute atomic E-state index is 11.5. The van der Waals surface area contributed by atoms with Gasteiger partial charge in [-0.05, 0) is 6.08 Å². The van der Waals surface area contributed by atoms with Gasteiger partial charge in [-0.15, -0.1) is 0 Å². The number of alkyl halides is 2. The SMILES string of the molecule is O=C1C2=CC(Cl)NC=C2C=NC1Cl. The Bertz CT molecular complexity index is 346. The van der Waals surface area contributed by atoms with E-state index in [2.05, 4.69) is 10.3 Å². The molecule has 2 atom stereocenters. The second-order valence-electron chi connectivity index (χ2n) is 2.73. The molecule has 2 aliphatic heterocycles. The van der Waals surface area contributed by atoms with Crippen LogP contribution in [-0.2, 0) is 4.79 Å². The molecular formula is C8H6Cl2N2O. The zero-order valence-electron chi connectivity index (χ0n) is 6.50. The van der Waals surface area contributed by atoms with Gasteiger partial charge in [0.25, 0.3) is 0 Å². The number of ketones is 1. The van der Waals surface area contributed by atoms with Crippen molar-refractivity contribution in [2.24, 2.45) is 4.99 Å². The van der Waals surface area contributed by atoms with Crippen molar-refractivity contribution in [3.63, 3.8) is 0 Å². The molecule has 0 saturated heterocycles. The Morgan fingerprint density at radius 3 is 3.00 bits per heavy atom. The van der Waals surface area contributed by atoms with Gasteiger partial charge in [0.15, 0.2) is 5.50 Å². The number of nitrogens with one attached hydrogen (secondary N) is 1. The van der Waals surface area contributed by atoms with E-state index in [1.807, 2.05) is 0 Å². The Morgan fingerprint density at radius 2 is 2.23 bits per heavy atom. The van der Waals surface area contributed by atoms with E-state index in [1.165, 1.54) is 0 Å². The number of dihydropyridines is 1. The zero-order valence-corrected chi connectivity index (χ0v) is 8.01. The van der Waals surface area contributed by atoms with Crippen LogP contribution in [0.3, 0.4) is 0 Å². The lowest BCUT2D eigenvalue weighted by Gasteiger charge is -2.20. The van der Waals surface area contributed by atoms with E-state index < -0.39 is 5.50 Å². The molecular weight excluding hydrogens is 211 g/mol. The number of Topliss-reactive ketones (excluding diaryl/α,β-unsaturated/α-hetero) is 1. The highest BCUT2D eigenvalue weighted by atomic mass is 35.5. The Morgan fingerprint density at radius 1 is 1.46 bits per heavy atom. The van der Waals surface area contributed by atoms with Crippen LogP contribution in [0, 0.1) is 0 Å². The van der Waals surface area contributed by atoms with Crippen molar-refractivity contribution in [2.45, 2.75) is 11.0 Å². The van der Waals surface area contributed by atoms with Crippen LogP contribution in [0.2, 0.25) is 0 Å². The van der Waals surface area contributed by atoms with Crippen LogP contribution < -0.4 is 5.32 Å². The summed E-state index contributed by atoms with van der Waals surface area (Å²) in [5.74, 6) is -0.192. The molecule has 0 radical (unpaired) electrons. The lowest BCUT2D eigenvalue weighted by molar-refractivity contribution is -0.115. The van der Waals surface area contributed by atoms with Crippen molar-refractivity contribution in [3.8, 4) is 0 Å². The summed E-state index contributed by atoms with van der Waals surface area (Å²) >= 11 is 11.4. The third-order valence-electron chi connectivity index (χ3n) is 1.85. The number of allylic oxidation sites excluding steroid dienone is 1. The molecule has 13 heavy (non-hydrogen) atoms. The smallest absolute Gasteiger partial charge is 0.202 e. The first-order valence-corrected chi connectivity index (χ1v) is 4.60. The quantitative estimate of drug-likeness (QED) is 0.489. The van der Waals surface area contributed by atoms with Crippen molar-refractivity contribution in [1.82, 2.24) is 5.32 Å². The summed E-state index contributed by atoms with van der Waals surface area (Å²) in [4.78, 5) is 15.3. The van der Waals surface area contributed by atoms with Crippen molar-refractivity contribution < 1.29 is 4.79 Å². The van der Waals surface area contributed by atoms with Gasteiger partial charge in [-0.1, -0.05) is 23.2 Å². The average molecular weight is 217 g/mol. The summed E-state index contributed by atoms with van der Waals surface area (Å²) in [5, 5.41) is 2.86. The fourth-order valence-electron chi connectivity index (χ4n) is 1.21. The van der Waals surface area contributed by atoms with Gasteiger partial charge in [0.05, 0.1) is 0 Å². The van der Waals surface area contributed by atoms with Crippen molar-refractivity contribution in [3.05, 3.63) is 23.4 Å². The molecule has 0 aromatic carbocycles. The molecule has 0 aliphatic carbocycles. The molecule has 68 valence electrons. The molecule has 0 amide bonds. The second-order valence-corrected chi connectivity index (χ2v) is 3.61. The van der Waals surface area contributed by atoms with Gasteiger partial charge >= 0.3 is 0 Å². The molecule has 2 heterocycles. The van der Waals surface area contributed by atoms with E-state index in [-0.39, 0.29) is 11.3 Å². The average Bonchev–Trinajstić information content (AvgIpc) is 2.12. The van der Waals surface area contributed by atoms with E-state index in [1.54, 1.807) is 18.5 Å². The fourth-order valence-corrected chi connectivity index (χ4v) is 1.57. The Labute approximate surface area is 85.1 Å². The number of hydrogen-bond donors (Lipinski definition) is 1. The predicted molar refractivity (Wildman–Crippen MR) is 52.1 cm³/mol. The van der Waals surface area contributed by atoms with Gasteiger partial charge in [-0.25, -0.2) is 0 Å². The molecule has 0 saturated carbocycles. The number of halogens is 2. The highest BCUT2D eigenvalue weighted by Gasteiger charge is 2.27. The molecule has 3 nitrogen and oxygen atoms in total. The molecule has 2 aliphatic rings. The van der Waals surface area contributed by atoms with E-state index in [0.29, 0.717) is 5.57 Å². The number of carbonyl (C=O) groups excluding carboxylic acids is 1. The molecule has 0 spiro atoms. The van der Waals surface area contributed by atoms with E-state index >= 15 is 0 Å². The summed E-state index contributed by atoms with van der Waals surface area (Å²) in [6.07, 6.45) is 4.87. The molecule has 0 aromatic heterocycles. The van der Waals surface area contributed by atoms with E-state index in [4.69, 9.17) is 23.2 Å². The number of fused-ring (bicyclic) bond motifs is 1. The number of hydrogen-bond acceptors (Lipinski definition) is 3. The monoisotopic (exact) mass is 216 g/mol. The summed E-state index contributed by atoms with van der Waals surface area (Å²) in [6, 6.07) is 0. The van der Waals surface area contributed by atoms with Crippen LogP contribution >= 0.6 is 23.2 Å². The third kappa shape index (κ3) is 1.49. The first-order chi connectivity index (χ1) is 6.18. The minimum atomic E-state index is -0.801. The molecule has 0 fully saturated rings. The van der Waals surface area contributed by atoms with Gasteiger partial charge < -0.3 is 5.32 Å². The molecule has 1 N–H and O–H groups in total. The summed E-state index contributed by atoms with van der Waals surface area (Å²) < 4.78 is 0. The van der Waals surface area contributed by atoms with Crippen LogP contribution in [0.5, 0.6) is 0 Å². The van der Waals surface area contributed by atoms with Gasteiger partial charge in [-0.3, -0.25) is 9.79 Å². The lowest BCUT2D eigenvalue weighted by atomic mass is 9.99. The van der Waals surface area contributed by atoms with Crippen LogP contribution in [-0.4, -0.2) is 23.0 Å². The van der Waals surface area contributed by atoms with Crippen LogP contribution in [0.1, 0.15) is 0 Å². The van der Waals surface area contributed by atoms with E-state index in [9.17, 15) is 4.79 Å². The van der Waals surface area contributed by atoms with Gasteiger partial charge in [0.2, 0.25) is 5.78 Å². The highest BCUT2D eigenvalue weighted by Crippen LogP contribution is 2.23. The summed E-state index contributed by atoms with van der Waals surface area (Å²) in [7, 11) is 0. The zero-order chi connectivity index (χ0) is 9.42. The van der Waals surface area contributed by atoms with Crippen LogP contribution in [0.4, 0.5) is 0 Å². The summed E-state index contributed by atoms with van der Waals surface area (Å²) in [6.45, 7) is 0. The van der Waals surface area contributed by atoms with Gasteiger partial charge in [0.1, 0.15) is 5.50 Å². The molecule has 0 aromatic rings. The number of nitrogens with zero attached hydrogens (tertiary/aromatic N) is 1. The Balaban J connectivity index is 2.43. The molecule has 2 unspecified atom stereocenters. The Kier molecular flexibility index (Phi) is 2.14. The molecule has 0 bridgehead atoms. The van der Waals surface area contributed by atoms with Crippen LogP contribution in [0.25, 0.3) is 0 Å². The lowest BCUT2D eigenvalue weighted by Crippen LogP contribution is -2.29. The normalized spacial score (nSPS) is 31.7. The maximum Gasteiger partial charge on any atom is 0.202 e. The second kappa shape index (κ2) is 3.16. The molecule has 2 rings (SSSR count). The standard InChI is InChI=1S/C8H6Cl2N2O/c9-6-1-5-4(2-11-6)3-12-8(10)7(5)13/h1-3,6,8,11H. The van der Waals surface area contributed by atoms with Crippen molar-refractivity contribution in [2.75, 3.05) is 0 Å². The first-order valence-electron chi connectivity index (χ1n) is 3.72. The van der Waals surface area contributed by atoms with Crippen molar-refractivity contribution >= 4 is 35.2 Å². The van der Waals surface area contributed by atoms with Crippen LogP contribution in [0.15, 0.2) is 28.4 Å². The number of rotatable bonds is 0. The van der Waals surface area contributed by atoms with Gasteiger partial charge in [0, 0.05) is 23.6 Å². The number of carbonyl (C=O) groups is 1. The minimum Gasteiger partial charge on any atom is -0.371 e. The fraction of sp³-hybridized carbons (Fsp3) is 0.250. The first kappa shape index (κ1) is 8.78. The van der Waals surface area contributed by atoms with E-state index in [0.717, 1.165) is 5.57 Å². The predicted octanol–water partition coefficient (Wildman–Crippen LogP) is 1.18. The topological polar surface area (TPSA) is 41.5 Å². The third-order valence-corrected chi connectivity index (χ3v) is 2.41. The maximum atomic E-state index is 11.5. The van der Waals surface area contributed by atoms with Crippen molar-refractivity contribution in [1.29, 1.82) is 0 Å². The Hall–Kier alpha value is -0.800. The summed E-state index contributed by atoms with van der Waals surface area (Å²) in [5.41, 5.74) is 0.135. The largest absolute Gasteiger partial charge is 0.371 e.